The second-order valence-electron chi connectivity index (χ2n) is 2.12. The van der Waals surface area contributed by atoms with Gasteiger partial charge in [-0.3, -0.25) is 9.38 Å². The second-order valence-corrected chi connectivity index (χ2v) is 2.12. The number of alkyl halides is 1. The number of nitrogens with two attached hydrogens (primary N) is 1. The molecular weight excluding hydrogens is 131 g/mol. The number of nitrogens with zero attached hydrogens (tertiary/aromatic N) is 1. The molecule has 0 saturated carbocycles. The zero-order chi connectivity index (χ0) is 7.82. The van der Waals surface area contributed by atoms with Gasteiger partial charge in [0.25, 0.3) is 0 Å². The zero-order valence-corrected chi connectivity index (χ0v) is 6.44. The Morgan fingerprint density at radius 2 is 2.20 bits per heavy atom. The Labute approximate surface area is 61.3 Å². The second kappa shape index (κ2) is 6.52. The molecule has 0 aromatic heterocycles. The van der Waals surface area contributed by atoms with Crippen molar-refractivity contribution in [3.8, 4) is 0 Å². The Morgan fingerprint density at radius 3 is 2.70 bits per heavy atom. The van der Waals surface area contributed by atoms with E-state index in [1.54, 1.807) is 0 Å². The van der Waals surface area contributed by atoms with Gasteiger partial charge in [0, 0.05) is 13.0 Å². The average Bonchev–Trinajstić information content (AvgIpc) is 1.98. The lowest BCUT2D eigenvalue weighted by molar-refractivity contribution is 0.464. The Balaban J connectivity index is 3.16. The molecule has 2 N–H and O–H groups in total. The molecule has 0 bridgehead atoms. The first kappa shape index (κ1) is 9.40. The summed E-state index contributed by atoms with van der Waals surface area (Å²) < 4.78 is 11.5. The summed E-state index contributed by atoms with van der Waals surface area (Å²) in [7, 11) is 0. The van der Waals surface area contributed by atoms with Gasteiger partial charge in [0.05, 0.1) is 12.5 Å². The number of amidine groups is 1. The molecule has 0 unspecified atom stereocenters. The third-order valence-electron chi connectivity index (χ3n) is 1.22. The van der Waals surface area contributed by atoms with E-state index in [-0.39, 0.29) is 6.67 Å². The summed E-state index contributed by atoms with van der Waals surface area (Å²) in [5, 5.41) is 0. The van der Waals surface area contributed by atoms with E-state index in [0.717, 1.165) is 12.8 Å². The van der Waals surface area contributed by atoms with Crippen molar-refractivity contribution in [3.05, 3.63) is 0 Å². The van der Waals surface area contributed by atoms with Crippen LogP contribution in [0.4, 0.5) is 4.39 Å². The van der Waals surface area contributed by atoms with E-state index in [9.17, 15) is 4.39 Å². The molecule has 0 aromatic carbocycles. The molecule has 0 fully saturated rings. The number of hydrogen-bond acceptors (Lipinski definition) is 1. The Bertz CT molecular complexity index is 102. The van der Waals surface area contributed by atoms with Gasteiger partial charge in [-0.1, -0.05) is 6.92 Å². The standard InChI is InChI=1S/C7H15FN2/c1-2-7(9)10-6-4-3-5-8/h2-6H2,1H3,(H2,9,10). The Morgan fingerprint density at radius 1 is 1.50 bits per heavy atom. The molecule has 3 heteroatoms. The smallest absolute Gasteiger partial charge is 0.0934 e. The summed E-state index contributed by atoms with van der Waals surface area (Å²) in [6.45, 7) is 2.37. The highest BCUT2D eigenvalue weighted by Crippen LogP contribution is 1.90. The van der Waals surface area contributed by atoms with E-state index in [2.05, 4.69) is 4.99 Å². The molecule has 0 heterocycles. The molecule has 0 saturated heterocycles. The first-order chi connectivity index (χ1) is 4.81. The first-order valence-electron chi connectivity index (χ1n) is 3.66. The van der Waals surface area contributed by atoms with Gasteiger partial charge in [-0.05, 0) is 12.8 Å². The summed E-state index contributed by atoms with van der Waals surface area (Å²) in [6, 6.07) is 0. The summed E-state index contributed by atoms with van der Waals surface area (Å²) in [6.07, 6.45) is 2.19. The summed E-state index contributed by atoms with van der Waals surface area (Å²) in [5.41, 5.74) is 5.41. The molecule has 0 rings (SSSR count). The van der Waals surface area contributed by atoms with Gasteiger partial charge < -0.3 is 5.73 Å². The van der Waals surface area contributed by atoms with Crippen molar-refractivity contribution in [1.29, 1.82) is 0 Å². The van der Waals surface area contributed by atoms with Crippen LogP contribution < -0.4 is 5.73 Å². The molecule has 60 valence electrons. The van der Waals surface area contributed by atoms with Gasteiger partial charge in [0.2, 0.25) is 0 Å². The number of hydrogen-bond donors (Lipinski definition) is 1. The van der Waals surface area contributed by atoms with E-state index in [4.69, 9.17) is 5.73 Å². The van der Waals surface area contributed by atoms with Crippen LogP contribution >= 0.6 is 0 Å². The maximum absolute atomic E-state index is 11.5. The molecule has 0 aromatic rings. The maximum Gasteiger partial charge on any atom is 0.0934 e. The fraction of sp³-hybridized carbons (Fsp3) is 0.857. The lowest BCUT2D eigenvalue weighted by Gasteiger charge is -1.94. The van der Waals surface area contributed by atoms with E-state index in [0.29, 0.717) is 18.8 Å². The third kappa shape index (κ3) is 5.54. The molecule has 2 nitrogen and oxygen atoms in total. The van der Waals surface area contributed by atoms with Crippen molar-refractivity contribution in [1.82, 2.24) is 0 Å². The van der Waals surface area contributed by atoms with E-state index in [1.165, 1.54) is 0 Å². The van der Waals surface area contributed by atoms with Gasteiger partial charge in [0.1, 0.15) is 0 Å². The van der Waals surface area contributed by atoms with Crippen molar-refractivity contribution in [2.45, 2.75) is 26.2 Å². The number of rotatable bonds is 5. The molecule has 0 amide bonds. The normalized spacial score (nSPS) is 12.0. The third-order valence-corrected chi connectivity index (χ3v) is 1.22. The molecule has 0 aliphatic heterocycles. The SMILES string of the molecule is CCC(N)=NCCCCF. The number of unbranched alkanes of at least 4 members (excludes halogenated alkanes) is 1. The molecule has 0 atom stereocenters. The predicted molar refractivity (Wildman–Crippen MR) is 42.0 cm³/mol. The van der Waals surface area contributed by atoms with Crippen LogP contribution in [0, 0.1) is 0 Å². The van der Waals surface area contributed by atoms with Gasteiger partial charge >= 0.3 is 0 Å². The minimum Gasteiger partial charge on any atom is -0.387 e. The average molecular weight is 146 g/mol. The van der Waals surface area contributed by atoms with E-state index >= 15 is 0 Å². The van der Waals surface area contributed by atoms with Gasteiger partial charge in [-0.25, -0.2) is 0 Å². The Kier molecular flexibility index (Phi) is 6.13. The summed E-state index contributed by atoms with van der Waals surface area (Å²) in [5.74, 6) is 0.666. The quantitative estimate of drug-likeness (QED) is 0.356. The maximum atomic E-state index is 11.5. The topological polar surface area (TPSA) is 38.4 Å². The van der Waals surface area contributed by atoms with Crippen LogP contribution in [0.1, 0.15) is 26.2 Å². The summed E-state index contributed by atoms with van der Waals surface area (Å²) in [4.78, 5) is 4.01. The van der Waals surface area contributed by atoms with Gasteiger partial charge in [-0.2, -0.15) is 0 Å². The zero-order valence-electron chi connectivity index (χ0n) is 6.44. The first-order valence-corrected chi connectivity index (χ1v) is 3.66. The minimum atomic E-state index is -0.248. The highest BCUT2D eigenvalue weighted by Gasteiger charge is 1.86. The number of aliphatic imine (C=N–C) groups is 1. The molecular formula is C7H15FN2. The monoisotopic (exact) mass is 146 g/mol. The molecule has 0 spiro atoms. The fourth-order valence-corrected chi connectivity index (χ4v) is 0.541. The van der Waals surface area contributed by atoms with Crippen molar-refractivity contribution in [2.75, 3.05) is 13.2 Å². The molecule has 10 heavy (non-hydrogen) atoms. The molecule has 0 aliphatic carbocycles. The summed E-state index contributed by atoms with van der Waals surface area (Å²) >= 11 is 0. The van der Waals surface area contributed by atoms with Crippen LogP contribution in [0.5, 0.6) is 0 Å². The lowest BCUT2D eigenvalue weighted by Crippen LogP contribution is -2.10. The van der Waals surface area contributed by atoms with Gasteiger partial charge in [0.15, 0.2) is 0 Å². The van der Waals surface area contributed by atoms with Crippen LogP contribution in [0.3, 0.4) is 0 Å². The van der Waals surface area contributed by atoms with E-state index in [1.807, 2.05) is 6.92 Å². The van der Waals surface area contributed by atoms with Crippen molar-refractivity contribution >= 4 is 5.84 Å². The highest BCUT2D eigenvalue weighted by atomic mass is 19.1. The number of halogens is 1. The largest absolute Gasteiger partial charge is 0.387 e. The molecule has 0 aliphatic rings. The van der Waals surface area contributed by atoms with Crippen molar-refractivity contribution in [2.24, 2.45) is 10.7 Å². The molecule has 0 radical (unpaired) electrons. The van der Waals surface area contributed by atoms with Crippen LogP contribution in [0.2, 0.25) is 0 Å². The Hall–Kier alpha value is -0.600. The van der Waals surface area contributed by atoms with Crippen LogP contribution in [0.25, 0.3) is 0 Å². The van der Waals surface area contributed by atoms with Crippen LogP contribution in [-0.4, -0.2) is 19.1 Å². The van der Waals surface area contributed by atoms with Crippen LogP contribution in [-0.2, 0) is 0 Å². The minimum absolute atomic E-state index is 0.248. The van der Waals surface area contributed by atoms with Gasteiger partial charge in [-0.15, -0.1) is 0 Å². The lowest BCUT2D eigenvalue weighted by atomic mass is 10.3. The fourth-order valence-electron chi connectivity index (χ4n) is 0.541. The van der Waals surface area contributed by atoms with Crippen molar-refractivity contribution in [3.63, 3.8) is 0 Å². The predicted octanol–water partition coefficient (Wildman–Crippen LogP) is 1.50. The highest BCUT2D eigenvalue weighted by molar-refractivity contribution is 5.79. The van der Waals surface area contributed by atoms with Crippen molar-refractivity contribution < 1.29 is 4.39 Å². The van der Waals surface area contributed by atoms with E-state index < -0.39 is 0 Å². The van der Waals surface area contributed by atoms with Crippen LogP contribution in [0.15, 0.2) is 4.99 Å².